The van der Waals surface area contributed by atoms with Crippen LogP contribution in [0.2, 0.25) is 0 Å². The molecule has 0 aromatic heterocycles. The van der Waals surface area contributed by atoms with Crippen molar-refractivity contribution in [2.45, 2.75) is 19.4 Å². The topological polar surface area (TPSA) is 20.3 Å². The molecule has 98 valence electrons. The molecule has 0 radical (unpaired) electrons. The van der Waals surface area contributed by atoms with Crippen LogP contribution in [0.4, 0.5) is 4.39 Å². The predicted octanol–water partition coefficient (Wildman–Crippen LogP) is 2.84. The van der Waals surface area contributed by atoms with Crippen molar-refractivity contribution in [3.05, 3.63) is 35.6 Å². The van der Waals surface area contributed by atoms with Gasteiger partial charge in [0.25, 0.3) is 0 Å². The Hall–Kier alpha value is -0.870. The quantitative estimate of drug-likeness (QED) is 0.782. The first kappa shape index (κ1) is 13.6. The van der Waals surface area contributed by atoms with Gasteiger partial charge in [-0.25, -0.2) is 4.39 Å². The molecule has 0 bridgehead atoms. The lowest BCUT2D eigenvalue weighted by molar-refractivity contribution is 0.0957. The van der Waals surface area contributed by atoms with Crippen LogP contribution < -0.4 is 0 Å². The van der Waals surface area contributed by atoms with E-state index in [-0.39, 0.29) is 11.6 Å². The van der Waals surface area contributed by atoms with E-state index in [0.717, 1.165) is 24.6 Å². The molecule has 2 rings (SSSR count). The first-order chi connectivity index (χ1) is 8.66. The van der Waals surface area contributed by atoms with Crippen molar-refractivity contribution in [3.8, 4) is 0 Å². The van der Waals surface area contributed by atoms with Crippen LogP contribution >= 0.6 is 11.8 Å². The van der Waals surface area contributed by atoms with E-state index < -0.39 is 0 Å². The smallest absolute Gasteiger partial charge is 0.164 e. The number of Topliss-reactive ketones (excluding diaryl/α,β-unsaturated/α-hetero) is 1. The zero-order valence-electron chi connectivity index (χ0n) is 10.6. The van der Waals surface area contributed by atoms with E-state index in [4.69, 9.17) is 0 Å². The summed E-state index contributed by atoms with van der Waals surface area (Å²) < 4.78 is 13.0. The Morgan fingerprint density at radius 2 is 2.39 bits per heavy atom. The molecule has 1 fully saturated rings. The fourth-order valence-electron chi connectivity index (χ4n) is 2.15. The summed E-state index contributed by atoms with van der Waals surface area (Å²) in [6.07, 6.45) is 0.471. The summed E-state index contributed by atoms with van der Waals surface area (Å²) in [5.41, 5.74) is 0.481. The Kier molecular flexibility index (Phi) is 4.78. The highest BCUT2D eigenvalue weighted by atomic mass is 32.2. The minimum absolute atomic E-state index is 0.0277. The van der Waals surface area contributed by atoms with Crippen molar-refractivity contribution in [2.24, 2.45) is 0 Å². The van der Waals surface area contributed by atoms with Gasteiger partial charge in [-0.2, -0.15) is 11.8 Å². The minimum Gasteiger partial charge on any atom is -0.299 e. The second-order valence-electron chi connectivity index (χ2n) is 4.64. The first-order valence-corrected chi connectivity index (χ1v) is 7.43. The van der Waals surface area contributed by atoms with Gasteiger partial charge in [0.1, 0.15) is 5.82 Å². The zero-order valence-corrected chi connectivity index (χ0v) is 11.4. The van der Waals surface area contributed by atoms with E-state index >= 15 is 0 Å². The number of carbonyl (C=O) groups excluding carboxylic acids is 1. The molecule has 1 aliphatic heterocycles. The maximum atomic E-state index is 13.0. The summed E-state index contributed by atoms with van der Waals surface area (Å²) in [6.45, 7) is 4.01. The van der Waals surface area contributed by atoms with Crippen LogP contribution in [0.5, 0.6) is 0 Å². The van der Waals surface area contributed by atoms with Gasteiger partial charge in [-0.1, -0.05) is 12.1 Å². The Morgan fingerprint density at radius 1 is 1.56 bits per heavy atom. The van der Waals surface area contributed by atoms with Gasteiger partial charge in [0, 0.05) is 42.6 Å². The number of benzene rings is 1. The molecule has 1 heterocycles. The van der Waals surface area contributed by atoms with Gasteiger partial charge in [-0.15, -0.1) is 0 Å². The van der Waals surface area contributed by atoms with E-state index in [1.54, 1.807) is 12.1 Å². The average Bonchev–Trinajstić information content (AvgIpc) is 2.37. The Balaban J connectivity index is 1.88. The Bertz CT molecular complexity index is 424. The number of ketones is 1. The molecular weight excluding hydrogens is 249 g/mol. The molecule has 0 amide bonds. The van der Waals surface area contributed by atoms with Crippen molar-refractivity contribution >= 4 is 17.5 Å². The van der Waals surface area contributed by atoms with Gasteiger partial charge >= 0.3 is 0 Å². The minimum atomic E-state index is -0.344. The van der Waals surface area contributed by atoms with E-state index in [2.05, 4.69) is 11.8 Å². The highest BCUT2D eigenvalue weighted by Gasteiger charge is 2.19. The van der Waals surface area contributed by atoms with Crippen LogP contribution in [-0.4, -0.2) is 41.3 Å². The summed E-state index contributed by atoms with van der Waals surface area (Å²) in [7, 11) is 0. The fourth-order valence-corrected chi connectivity index (χ4v) is 3.23. The summed E-state index contributed by atoms with van der Waals surface area (Å²) in [5, 5.41) is 0. The highest BCUT2D eigenvalue weighted by molar-refractivity contribution is 7.99. The van der Waals surface area contributed by atoms with Gasteiger partial charge in [0.2, 0.25) is 0 Å². The van der Waals surface area contributed by atoms with E-state index in [1.807, 2.05) is 11.8 Å². The molecule has 1 aliphatic rings. The molecule has 1 aromatic rings. The molecule has 2 nitrogen and oxygen atoms in total. The SMILES string of the molecule is CC1CSCCN1CCC(=O)c1cccc(F)c1. The van der Waals surface area contributed by atoms with Gasteiger partial charge in [-0.3, -0.25) is 9.69 Å². The lowest BCUT2D eigenvalue weighted by atomic mass is 10.1. The van der Waals surface area contributed by atoms with Crippen LogP contribution in [0, 0.1) is 5.82 Å². The summed E-state index contributed by atoms with van der Waals surface area (Å²) in [5.74, 6) is 1.95. The second kappa shape index (κ2) is 6.34. The molecule has 0 N–H and O–H groups in total. The number of thioether (sulfide) groups is 1. The third-order valence-electron chi connectivity index (χ3n) is 3.28. The Morgan fingerprint density at radius 3 is 3.11 bits per heavy atom. The normalized spacial score (nSPS) is 20.9. The molecular formula is C14H18FNOS. The summed E-state index contributed by atoms with van der Waals surface area (Å²) in [6, 6.07) is 6.48. The van der Waals surface area contributed by atoms with Crippen LogP contribution in [-0.2, 0) is 0 Å². The molecule has 1 atom stereocenters. The number of carbonyl (C=O) groups is 1. The van der Waals surface area contributed by atoms with Crippen LogP contribution in [0.3, 0.4) is 0 Å². The number of hydrogen-bond donors (Lipinski definition) is 0. The lowest BCUT2D eigenvalue weighted by Gasteiger charge is -2.32. The number of nitrogens with zero attached hydrogens (tertiary/aromatic N) is 1. The summed E-state index contributed by atoms with van der Waals surface area (Å²) >= 11 is 1.96. The molecule has 0 spiro atoms. The van der Waals surface area contributed by atoms with Gasteiger partial charge < -0.3 is 0 Å². The summed E-state index contributed by atoms with van der Waals surface area (Å²) in [4.78, 5) is 14.3. The molecule has 18 heavy (non-hydrogen) atoms. The molecule has 1 unspecified atom stereocenters. The average molecular weight is 267 g/mol. The maximum Gasteiger partial charge on any atom is 0.164 e. The van der Waals surface area contributed by atoms with E-state index in [1.165, 1.54) is 12.1 Å². The largest absolute Gasteiger partial charge is 0.299 e. The van der Waals surface area contributed by atoms with Gasteiger partial charge in [-0.05, 0) is 19.1 Å². The van der Waals surface area contributed by atoms with Gasteiger partial charge in [0.15, 0.2) is 5.78 Å². The molecule has 1 aromatic carbocycles. The van der Waals surface area contributed by atoms with Gasteiger partial charge in [0.05, 0.1) is 0 Å². The van der Waals surface area contributed by atoms with E-state index in [0.29, 0.717) is 18.0 Å². The monoisotopic (exact) mass is 267 g/mol. The third kappa shape index (κ3) is 3.56. The molecule has 1 saturated heterocycles. The van der Waals surface area contributed by atoms with Crippen molar-refractivity contribution < 1.29 is 9.18 Å². The standard InChI is InChI=1S/C14H18FNOS/c1-11-10-18-8-7-16(11)6-5-14(17)12-3-2-4-13(15)9-12/h2-4,9,11H,5-8,10H2,1H3. The maximum absolute atomic E-state index is 13.0. The van der Waals surface area contributed by atoms with Crippen LogP contribution in [0.1, 0.15) is 23.7 Å². The van der Waals surface area contributed by atoms with Crippen LogP contribution in [0.25, 0.3) is 0 Å². The van der Waals surface area contributed by atoms with E-state index in [9.17, 15) is 9.18 Å². The predicted molar refractivity (Wildman–Crippen MR) is 73.7 cm³/mol. The molecule has 0 aliphatic carbocycles. The fraction of sp³-hybridized carbons (Fsp3) is 0.500. The first-order valence-electron chi connectivity index (χ1n) is 6.27. The zero-order chi connectivity index (χ0) is 13.0. The third-order valence-corrected chi connectivity index (χ3v) is 4.47. The number of halogens is 1. The van der Waals surface area contributed by atoms with Crippen molar-refractivity contribution in [1.29, 1.82) is 0 Å². The number of hydrogen-bond acceptors (Lipinski definition) is 3. The highest BCUT2D eigenvalue weighted by Crippen LogP contribution is 2.16. The second-order valence-corrected chi connectivity index (χ2v) is 5.79. The lowest BCUT2D eigenvalue weighted by Crippen LogP contribution is -2.41. The Labute approximate surface area is 112 Å². The van der Waals surface area contributed by atoms with Crippen molar-refractivity contribution in [3.63, 3.8) is 0 Å². The molecule has 0 saturated carbocycles. The van der Waals surface area contributed by atoms with Crippen LogP contribution in [0.15, 0.2) is 24.3 Å². The number of rotatable bonds is 4. The van der Waals surface area contributed by atoms with Crippen molar-refractivity contribution in [1.82, 2.24) is 4.90 Å². The van der Waals surface area contributed by atoms with Crippen molar-refractivity contribution in [2.75, 3.05) is 24.6 Å². The molecule has 4 heteroatoms.